The number of ether oxygens (including phenoxy) is 2. The van der Waals surface area contributed by atoms with Crippen LogP contribution in [0.3, 0.4) is 0 Å². The molecule has 1 saturated heterocycles. The van der Waals surface area contributed by atoms with Gasteiger partial charge in [-0.1, -0.05) is 6.07 Å². The Hall–Kier alpha value is -2.61. The zero-order valence-electron chi connectivity index (χ0n) is 22.1. The highest BCUT2D eigenvalue weighted by atomic mass is 16.5. The Bertz CT molecular complexity index is 1010. The first kappa shape index (κ1) is 25.5. The minimum atomic E-state index is -0.448. The monoisotopic (exact) mass is 484 g/mol. The van der Waals surface area contributed by atoms with Crippen LogP contribution in [0.15, 0.2) is 12.1 Å². The van der Waals surface area contributed by atoms with E-state index >= 15 is 0 Å². The average molecular weight is 485 g/mol. The van der Waals surface area contributed by atoms with Crippen LogP contribution >= 0.6 is 0 Å². The van der Waals surface area contributed by atoms with E-state index in [1.165, 1.54) is 11.1 Å². The molecule has 2 amide bonds. The van der Waals surface area contributed by atoms with Crippen molar-refractivity contribution in [2.24, 2.45) is 11.8 Å². The third kappa shape index (κ3) is 5.32. The number of guanidine groups is 1. The van der Waals surface area contributed by atoms with Gasteiger partial charge in [-0.2, -0.15) is 0 Å². The summed E-state index contributed by atoms with van der Waals surface area (Å²) in [7, 11) is 1.63. The van der Waals surface area contributed by atoms with E-state index in [9.17, 15) is 9.59 Å². The summed E-state index contributed by atoms with van der Waals surface area (Å²) in [5.41, 5.74) is 2.53. The van der Waals surface area contributed by atoms with Crippen LogP contribution < -0.4 is 15.4 Å². The van der Waals surface area contributed by atoms with Crippen LogP contribution in [0.25, 0.3) is 0 Å². The summed E-state index contributed by atoms with van der Waals surface area (Å²) < 4.78 is 11.5. The molecule has 1 aromatic rings. The predicted octanol–water partition coefficient (Wildman–Crippen LogP) is 3.60. The number of nitrogens with zero attached hydrogens (tertiary/aromatic N) is 1. The van der Waals surface area contributed by atoms with Crippen molar-refractivity contribution in [1.82, 2.24) is 15.5 Å². The summed E-state index contributed by atoms with van der Waals surface area (Å²) in [6, 6.07) is 3.82. The van der Waals surface area contributed by atoms with Crippen LogP contribution in [0.2, 0.25) is 0 Å². The fourth-order valence-electron chi connectivity index (χ4n) is 5.60. The lowest BCUT2D eigenvalue weighted by molar-refractivity contribution is -0.133. The summed E-state index contributed by atoms with van der Waals surface area (Å²) in [4.78, 5) is 28.0. The summed E-state index contributed by atoms with van der Waals surface area (Å²) in [6.45, 7) is 12.6. The van der Waals surface area contributed by atoms with Gasteiger partial charge in [0, 0.05) is 49.6 Å². The minimum absolute atomic E-state index is 0.00420. The van der Waals surface area contributed by atoms with E-state index in [0.717, 1.165) is 11.3 Å². The third-order valence-electron chi connectivity index (χ3n) is 7.58. The van der Waals surface area contributed by atoms with Gasteiger partial charge in [-0.3, -0.25) is 19.9 Å². The molecular formula is C27H40N4O4. The van der Waals surface area contributed by atoms with Crippen LogP contribution in [0.5, 0.6) is 5.75 Å². The molecule has 1 saturated carbocycles. The lowest BCUT2D eigenvalue weighted by Gasteiger charge is -2.42. The molecular weight excluding hydrogens is 444 g/mol. The number of rotatable bonds is 7. The first-order chi connectivity index (χ1) is 16.3. The van der Waals surface area contributed by atoms with Gasteiger partial charge in [-0.05, 0) is 77.5 Å². The summed E-state index contributed by atoms with van der Waals surface area (Å²) >= 11 is 0. The molecule has 8 nitrogen and oxygen atoms in total. The van der Waals surface area contributed by atoms with Crippen LogP contribution in [0.4, 0.5) is 0 Å². The normalized spacial score (nSPS) is 27.4. The maximum Gasteiger partial charge on any atom is 0.231 e. The largest absolute Gasteiger partial charge is 0.487 e. The van der Waals surface area contributed by atoms with Crippen LogP contribution in [0, 0.1) is 31.1 Å². The Morgan fingerprint density at radius 2 is 1.97 bits per heavy atom. The fraction of sp³-hybridized carbons (Fsp3) is 0.667. The lowest BCUT2D eigenvalue weighted by atomic mass is 9.88. The molecule has 0 radical (unpaired) electrons. The topological polar surface area (TPSA) is 104 Å². The highest BCUT2D eigenvalue weighted by Gasteiger charge is 2.53. The molecule has 4 atom stereocenters. The van der Waals surface area contributed by atoms with Gasteiger partial charge in [0.15, 0.2) is 5.96 Å². The molecule has 4 rings (SSSR count). The van der Waals surface area contributed by atoms with Crippen LogP contribution in [-0.4, -0.2) is 53.6 Å². The molecule has 35 heavy (non-hydrogen) atoms. The van der Waals surface area contributed by atoms with Crippen molar-refractivity contribution in [2.75, 3.05) is 13.7 Å². The van der Waals surface area contributed by atoms with Gasteiger partial charge >= 0.3 is 0 Å². The minimum Gasteiger partial charge on any atom is -0.487 e. The van der Waals surface area contributed by atoms with E-state index in [0.29, 0.717) is 32.3 Å². The Labute approximate surface area is 208 Å². The summed E-state index contributed by atoms with van der Waals surface area (Å²) in [5, 5.41) is 14.9. The fourth-order valence-corrected chi connectivity index (χ4v) is 5.60. The Morgan fingerprint density at radius 3 is 2.63 bits per heavy atom. The first-order valence-electron chi connectivity index (χ1n) is 12.6. The maximum absolute atomic E-state index is 13.4. The molecule has 1 aliphatic carbocycles. The predicted molar refractivity (Wildman–Crippen MR) is 134 cm³/mol. The van der Waals surface area contributed by atoms with Gasteiger partial charge in [0.1, 0.15) is 11.4 Å². The molecule has 8 heteroatoms. The van der Waals surface area contributed by atoms with Crippen LogP contribution in [-0.2, 0) is 14.3 Å². The van der Waals surface area contributed by atoms with Crippen molar-refractivity contribution < 1.29 is 19.1 Å². The number of nitrogens with one attached hydrogen (secondary N) is 3. The van der Waals surface area contributed by atoms with E-state index in [2.05, 4.69) is 36.6 Å². The Kier molecular flexibility index (Phi) is 6.64. The van der Waals surface area contributed by atoms with E-state index < -0.39 is 5.54 Å². The zero-order chi connectivity index (χ0) is 25.7. The van der Waals surface area contributed by atoms with E-state index in [1.54, 1.807) is 12.0 Å². The highest BCUT2D eigenvalue weighted by Crippen LogP contribution is 2.47. The zero-order valence-corrected chi connectivity index (χ0v) is 22.1. The van der Waals surface area contributed by atoms with Crippen molar-refractivity contribution >= 4 is 17.8 Å². The molecule has 3 aliphatic rings. The van der Waals surface area contributed by atoms with E-state index in [-0.39, 0.29) is 47.3 Å². The SMILES string of the molecule is COCC[C@H]([C@@H]1C[C@H]1C(=O)N[C@H]1CC(C)(C)Oc2cc(C)c(C)cc21)N1C(=N)NC(C)(C)CC1=O. The number of hydrogen-bond donors (Lipinski definition) is 3. The molecule has 192 valence electrons. The highest BCUT2D eigenvalue weighted by molar-refractivity contribution is 5.99. The van der Waals surface area contributed by atoms with Crippen molar-refractivity contribution in [2.45, 2.75) is 90.4 Å². The molecule has 2 fully saturated rings. The second kappa shape index (κ2) is 9.12. The van der Waals surface area contributed by atoms with Gasteiger partial charge in [0.25, 0.3) is 0 Å². The molecule has 0 aromatic heterocycles. The molecule has 0 spiro atoms. The third-order valence-corrected chi connectivity index (χ3v) is 7.58. The van der Waals surface area contributed by atoms with Crippen molar-refractivity contribution in [3.63, 3.8) is 0 Å². The Balaban J connectivity index is 1.50. The summed E-state index contributed by atoms with van der Waals surface area (Å²) in [5.74, 6) is 0.702. The molecule has 2 aliphatic heterocycles. The van der Waals surface area contributed by atoms with Gasteiger partial charge < -0.3 is 20.1 Å². The van der Waals surface area contributed by atoms with Crippen molar-refractivity contribution in [3.8, 4) is 5.75 Å². The molecule has 1 aromatic carbocycles. The van der Waals surface area contributed by atoms with Gasteiger partial charge in [0.2, 0.25) is 11.8 Å². The number of amides is 2. The number of methoxy groups -OCH3 is 1. The number of fused-ring (bicyclic) bond motifs is 1. The average Bonchev–Trinajstić information content (AvgIpc) is 3.51. The van der Waals surface area contributed by atoms with Gasteiger partial charge in [0.05, 0.1) is 6.04 Å². The van der Waals surface area contributed by atoms with Crippen molar-refractivity contribution in [3.05, 3.63) is 28.8 Å². The molecule has 0 unspecified atom stereocenters. The molecule has 0 bridgehead atoms. The standard InChI is InChI=1S/C27H40N4O4/c1-15-10-19-20(13-27(5,6)35-22(19)11-16(15)2)29-24(33)18-12-17(18)21(8-9-34-7)31-23(32)14-26(3,4)30-25(31)28/h10-11,17-18,20-21H,8-9,12-14H2,1-7H3,(H2,28,30)(H,29,33)/t17-,18-,20+,21-/m1/s1. The number of benzene rings is 1. The number of hydrogen-bond acceptors (Lipinski definition) is 5. The maximum atomic E-state index is 13.4. The van der Waals surface area contributed by atoms with Crippen LogP contribution in [0.1, 0.15) is 76.1 Å². The first-order valence-corrected chi connectivity index (χ1v) is 12.6. The number of aryl methyl sites for hydroxylation is 2. The van der Waals surface area contributed by atoms with Gasteiger partial charge in [-0.25, -0.2) is 0 Å². The number of carbonyl (C=O) groups is 2. The Morgan fingerprint density at radius 1 is 1.29 bits per heavy atom. The smallest absolute Gasteiger partial charge is 0.231 e. The lowest BCUT2D eigenvalue weighted by Crippen LogP contribution is -2.63. The second-order valence-corrected chi connectivity index (χ2v) is 11.8. The van der Waals surface area contributed by atoms with Crippen molar-refractivity contribution in [1.29, 1.82) is 5.41 Å². The quantitative estimate of drug-likeness (QED) is 0.549. The number of carbonyl (C=O) groups excluding carboxylic acids is 2. The molecule has 2 heterocycles. The van der Waals surface area contributed by atoms with Gasteiger partial charge in [-0.15, -0.1) is 0 Å². The second-order valence-electron chi connectivity index (χ2n) is 11.8. The van der Waals surface area contributed by atoms with E-state index in [4.69, 9.17) is 14.9 Å². The van der Waals surface area contributed by atoms with E-state index in [1.807, 2.05) is 27.7 Å². The molecule has 3 N–H and O–H groups in total. The summed E-state index contributed by atoms with van der Waals surface area (Å²) in [6.07, 6.45) is 2.29.